The Hall–Kier alpha value is -3.01. The lowest BCUT2D eigenvalue weighted by Gasteiger charge is -2.27. The molecule has 0 aromatic heterocycles. The van der Waals surface area contributed by atoms with Crippen LogP contribution in [0, 0.1) is 17.7 Å². The number of carbonyl (C=O) groups is 4. The van der Waals surface area contributed by atoms with Crippen LogP contribution in [0.1, 0.15) is 98.0 Å². The highest BCUT2D eigenvalue weighted by Crippen LogP contribution is 2.21. The van der Waals surface area contributed by atoms with Crippen molar-refractivity contribution in [1.82, 2.24) is 10.6 Å². The Morgan fingerprint density at radius 3 is 2.12 bits per heavy atom. The van der Waals surface area contributed by atoms with Crippen molar-refractivity contribution < 1.29 is 33.4 Å². The maximum absolute atomic E-state index is 13.4. The van der Waals surface area contributed by atoms with Crippen LogP contribution in [0.5, 0.6) is 0 Å². The van der Waals surface area contributed by atoms with Crippen LogP contribution in [-0.2, 0) is 30.3 Å². The van der Waals surface area contributed by atoms with Crippen LogP contribution in [0.15, 0.2) is 24.3 Å². The summed E-state index contributed by atoms with van der Waals surface area (Å²) in [6, 6.07) is 2.35. The number of esters is 1. The number of benzene rings is 1. The maximum Gasteiger partial charge on any atom is 0.325 e. The highest BCUT2D eigenvalue weighted by Gasteiger charge is 2.31. The zero-order chi connectivity index (χ0) is 30.9. The van der Waals surface area contributed by atoms with E-state index in [4.69, 9.17) is 10.5 Å². The number of hydrogen-bond donors (Lipinski definition) is 4. The fourth-order valence-electron chi connectivity index (χ4n) is 4.38. The molecule has 0 radical (unpaired) electrons. The third kappa shape index (κ3) is 13.9. The number of nitrogens with one attached hydrogen (secondary N) is 2. The Labute approximate surface area is 244 Å². The van der Waals surface area contributed by atoms with Crippen molar-refractivity contribution in [1.29, 1.82) is 0 Å². The number of carbonyl (C=O) groups excluding carboxylic acids is 3. The molecule has 10 heteroatoms. The third-order valence-electron chi connectivity index (χ3n) is 7.56. The molecule has 6 atom stereocenters. The molecule has 0 unspecified atom stereocenters. The number of carboxylic acid groups (broad SMARTS) is 1. The van der Waals surface area contributed by atoms with Gasteiger partial charge in [-0.1, -0.05) is 84.8 Å². The summed E-state index contributed by atoms with van der Waals surface area (Å²) in [5, 5.41) is 14.3. The van der Waals surface area contributed by atoms with Gasteiger partial charge in [0.05, 0.1) is 6.42 Å². The highest BCUT2D eigenvalue weighted by molar-refractivity contribution is 5.90. The van der Waals surface area contributed by atoms with E-state index in [0.29, 0.717) is 12.0 Å². The first-order valence-corrected chi connectivity index (χ1v) is 14.9. The van der Waals surface area contributed by atoms with Crippen LogP contribution in [-0.4, -0.2) is 53.1 Å². The molecule has 2 amide bonds. The first kappa shape index (κ1) is 36.0. The molecule has 0 spiro atoms. The van der Waals surface area contributed by atoms with Crippen molar-refractivity contribution in [2.45, 2.75) is 123 Å². The lowest BCUT2D eigenvalue weighted by Crippen LogP contribution is -2.52. The van der Waals surface area contributed by atoms with E-state index in [9.17, 15) is 28.7 Å². The van der Waals surface area contributed by atoms with E-state index in [0.717, 1.165) is 32.1 Å². The van der Waals surface area contributed by atoms with E-state index in [2.05, 4.69) is 17.6 Å². The van der Waals surface area contributed by atoms with E-state index in [1.807, 2.05) is 20.8 Å². The first-order valence-electron chi connectivity index (χ1n) is 14.9. The number of aliphatic carboxylic acids is 1. The van der Waals surface area contributed by atoms with Gasteiger partial charge in [-0.3, -0.25) is 19.2 Å². The minimum Gasteiger partial charge on any atom is -0.480 e. The fraction of sp³-hybridized carbons (Fsp3) is 0.677. The van der Waals surface area contributed by atoms with Gasteiger partial charge in [0.15, 0.2) is 0 Å². The Morgan fingerprint density at radius 1 is 0.927 bits per heavy atom. The summed E-state index contributed by atoms with van der Waals surface area (Å²) in [5.41, 5.74) is 6.68. The van der Waals surface area contributed by atoms with Gasteiger partial charge < -0.3 is 26.2 Å². The first-order chi connectivity index (χ1) is 19.4. The van der Waals surface area contributed by atoms with E-state index in [1.54, 1.807) is 0 Å². The second kappa shape index (κ2) is 19.2. The van der Waals surface area contributed by atoms with E-state index in [-0.39, 0.29) is 24.7 Å². The summed E-state index contributed by atoms with van der Waals surface area (Å²) in [5.74, 6) is -3.67. The lowest BCUT2D eigenvalue weighted by atomic mass is 9.93. The van der Waals surface area contributed by atoms with E-state index < -0.39 is 53.8 Å². The number of ether oxygens (including phenoxy) is 1. The second-order valence-corrected chi connectivity index (χ2v) is 11.1. The van der Waals surface area contributed by atoms with Crippen molar-refractivity contribution in [3.8, 4) is 0 Å². The summed E-state index contributed by atoms with van der Waals surface area (Å²) in [4.78, 5) is 50.3. The molecule has 0 aliphatic carbocycles. The number of halogens is 1. The largest absolute Gasteiger partial charge is 0.480 e. The van der Waals surface area contributed by atoms with E-state index in [1.165, 1.54) is 44.0 Å². The Kier molecular flexibility index (Phi) is 16.8. The number of unbranched alkanes of at least 4 members (excludes halogenated alkanes) is 5. The molecule has 1 aromatic carbocycles. The van der Waals surface area contributed by atoms with E-state index >= 15 is 0 Å². The number of hydrogen-bond acceptors (Lipinski definition) is 6. The minimum atomic E-state index is -1.22. The molecule has 0 saturated heterocycles. The van der Waals surface area contributed by atoms with Gasteiger partial charge in [-0.25, -0.2) is 4.39 Å². The summed E-state index contributed by atoms with van der Waals surface area (Å²) >= 11 is 0. The predicted octanol–water partition coefficient (Wildman–Crippen LogP) is 4.50. The molecular formula is C31H50FN3O6. The lowest BCUT2D eigenvalue weighted by molar-refractivity contribution is -0.156. The van der Waals surface area contributed by atoms with Crippen molar-refractivity contribution in [2.24, 2.45) is 17.6 Å². The maximum atomic E-state index is 13.4. The summed E-state index contributed by atoms with van der Waals surface area (Å²) < 4.78 is 19.2. The van der Waals surface area contributed by atoms with Crippen LogP contribution in [0.3, 0.4) is 0 Å². The molecule has 41 heavy (non-hydrogen) atoms. The summed E-state index contributed by atoms with van der Waals surface area (Å²) in [7, 11) is 0. The van der Waals surface area contributed by atoms with Gasteiger partial charge in [0.2, 0.25) is 11.8 Å². The second-order valence-electron chi connectivity index (χ2n) is 11.1. The van der Waals surface area contributed by atoms with Crippen molar-refractivity contribution in [3.05, 3.63) is 35.6 Å². The van der Waals surface area contributed by atoms with Gasteiger partial charge >= 0.3 is 11.9 Å². The normalized spacial score (nSPS) is 15.6. The topological polar surface area (TPSA) is 148 Å². The van der Waals surface area contributed by atoms with Gasteiger partial charge in [0, 0.05) is 6.42 Å². The average molecular weight is 580 g/mol. The molecule has 0 fully saturated rings. The monoisotopic (exact) mass is 579 g/mol. The van der Waals surface area contributed by atoms with Gasteiger partial charge in [-0.15, -0.1) is 0 Å². The van der Waals surface area contributed by atoms with Gasteiger partial charge in [0.25, 0.3) is 0 Å². The van der Waals surface area contributed by atoms with Crippen LogP contribution in [0.4, 0.5) is 4.39 Å². The van der Waals surface area contributed by atoms with Gasteiger partial charge in [-0.05, 0) is 42.9 Å². The molecule has 5 N–H and O–H groups in total. The van der Waals surface area contributed by atoms with Crippen LogP contribution >= 0.6 is 0 Å². The van der Waals surface area contributed by atoms with Crippen molar-refractivity contribution in [3.63, 3.8) is 0 Å². The zero-order valence-electron chi connectivity index (χ0n) is 25.3. The molecule has 0 heterocycles. The van der Waals surface area contributed by atoms with Crippen LogP contribution < -0.4 is 16.4 Å². The van der Waals surface area contributed by atoms with Gasteiger partial charge in [0.1, 0.15) is 30.0 Å². The number of rotatable bonds is 20. The minimum absolute atomic E-state index is 0.0147. The molecule has 1 rings (SSSR count). The SMILES string of the molecule is CCCCCCCC[C@H](C)[C@H](CC(=O)N[C@@H](Cc1ccc(F)cc1)C(=O)N[C@@H](C)C(=O)O)OC(=O)[C@H](N)[C@@H](C)CC. The van der Waals surface area contributed by atoms with Crippen molar-refractivity contribution >= 4 is 23.8 Å². The van der Waals surface area contributed by atoms with Crippen molar-refractivity contribution in [2.75, 3.05) is 0 Å². The molecule has 0 saturated carbocycles. The Bertz CT molecular complexity index is 958. The quantitative estimate of drug-likeness (QED) is 0.131. The molecule has 0 aliphatic rings. The van der Waals surface area contributed by atoms with Gasteiger partial charge in [-0.2, -0.15) is 0 Å². The third-order valence-corrected chi connectivity index (χ3v) is 7.56. The summed E-state index contributed by atoms with van der Waals surface area (Å²) in [6.45, 7) is 9.21. The average Bonchev–Trinajstić information content (AvgIpc) is 2.93. The smallest absolute Gasteiger partial charge is 0.325 e. The fourth-order valence-corrected chi connectivity index (χ4v) is 4.38. The Balaban J connectivity index is 3.03. The molecule has 9 nitrogen and oxygen atoms in total. The number of amides is 2. The number of carboxylic acids is 1. The summed E-state index contributed by atoms with van der Waals surface area (Å²) in [6.07, 6.45) is 7.17. The number of nitrogens with two attached hydrogens (primary N) is 1. The molecule has 0 aliphatic heterocycles. The molecule has 232 valence electrons. The standard InChI is InChI=1S/C31H50FN3O6/c1-6-8-9-10-11-12-13-21(4)26(41-31(40)28(33)20(3)7-2)19-27(36)35-25(29(37)34-22(5)30(38)39)18-23-14-16-24(32)17-15-23/h14-17,20-22,25-26,28H,6-13,18-19,33H2,1-5H3,(H,34,37)(H,35,36)(H,38,39)/t20-,21-,22-,25-,26-,28+/m0/s1. The predicted molar refractivity (Wildman–Crippen MR) is 156 cm³/mol. The Morgan fingerprint density at radius 2 is 1.54 bits per heavy atom. The highest BCUT2D eigenvalue weighted by atomic mass is 19.1. The molecule has 1 aromatic rings. The zero-order valence-corrected chi connectivity index (χ0v) is 25.3. The van der Waals surface area contributed by atoms with Crippen LogP contribution in [0.2, 0.25) is 0 Å². The molecule has 0 bridgehead atoms. The molecular weight excluding hydrogens is 529 g/mol. The van der Waals surface area contributed by atoms with Crippen LogP contribution in [0.25, 0.3) is 0 Å².